The van der Waals surface area contributed by atoms with E-state index in [1.807, 2.05) is 6.20 Å². The number of halogens is 2. The normalized spacial score (nSPS) is 17.2. The van der Waals surface area contributed by atoms with E-state index in [0.717, 1.165) is 72.1 Å². The molecule has 1 aliphatic heterocycles. The molecule has 1 atom stereocenters. The van der Waals surface area contributed by atoms with Crippen molar-refractivity contribution >= 4 is 56.7 Å². The molecule has 6 nitrogen and oxygen atoms in total. The van der Waals surface area contributed by atoms with E-state index in [9.17, 15) is 4.79 Å². The molecule has 8 heteroatoms. The van der Waals surface area contributed by atoms with Crippen molar-refractivity contribution in [2.75, 3.05) is 23.3 Å². The number of aromatic amines is 1. The zero-order valence-electron chi connectivity index (χ0n) is 15.1. The number of nitrogens with zero attached hydrogens (tertiary/aromatic N) is 2. The average molecular weight is 445 g/mol. The van der Waals surface area contributed by atoms with Crippen LogP contribution in [0.25, 0.3) is 11.0 Å². The zero-order valence-corrected chi connectivity index (χ0v) is 17.5. The van der Waals surface area contributed by atoms with Gasteiger partial charge in [0.15, 0.2) is 0 Å². The second-order valence-corrected chi connectivity index (χ2v) is 7.59. The minimum Gasteiger partial charge on any atom is -0.368 e. The number of carbonyl (C=O) groups excluding carboxylic acids is 1. The van der Waals surface area contributed by atoms with E-state index >= 15 is 0 Å². The molecule has 26 heavy (non-hydrogen) atoms. The van der Waals surface area contributed by atoms with Crippen LogP contribution >= 0.6 is 28.3 Å². The molecule has 0 aliphatic carbocycles. The summed E-state index contributed by atoms with van der Waals surface area (Å²) in [6.45, 7) is 3.91. The van der Waals surface area contributed by atoms with E-state index in [1.54, 1.807) is 6.20 Å². The largest absolute Gasteiger partial charge is 0.368 e. The SMILES string of the molecule is CCCCCC(=O)Nc1c[nH]c2ncc(Br)c(N3CCC[C@@H](N)C3)c12.Cl. The van der Waals surface area contributed by atoms with Crippen LogP contribution in [0.3, 0.4) is 0 Å². The summed E-state index contributed by atoms with van der Waals surface area (Å²) in [6, 6.07) is 0.176. The number of hydrogen-bond donors (Lipinski definition) is 3. The quantitative estimate of drug-likeness (QED) is 0.583. The molecule has 1 fully saturated rings. The number of piperidine rings is 1. The Kier molecular flexibility index (Phi) is 7.73. The van der Waals surface area contributed by atoms with Crippen molar-refractivity contribution in [2.45, 2.75) is 51.5 Å². The molecule has 4 N–H and O–H groups in total. The smallest absolute Gasteiger partial charge is 0.224 e. The Labute approximate surface area is 168 Å². The molecule has 0 radical (unpaired) electrons. The molecule has 0 bridgehead atoms. The van der Waals surface area contributed by atoms with Gasteiger partial charge in [-0.05, 0) is 35.2 Å². The number of rotatable bonds is 6. The molecule has 2 aromatic heterocycles. The van der Waals surface area contributed by atoms with Crippen molar-refractivity contribution in [1.82, 2.24) is 9.97 Å². The second-order valence-electron chi connectivity index (χ2n) is 6.73. The summed E-state index contributed by atoms with van der Waals surface area (Å²) in [4.78, 5) is 22.2. The molecule has 3 rings (SSSR count). The van der Waals surface area contributed by atoms with Crippen LogP contribution < -0.4 is 16.0 Å². The Hall–Kier alpha value is -1.31. The highest BCUT2D eigenvalue weighted by Gasteiger charge is 2.23. The van der Waals surface area contributed by atoms with Crippen LogP contribution in [-0.2, 0) is 4.79 Å². The maximum atomic E-state index is 12.3. The van der Waals surface area contributed by atoms with Crippen molar-refractivity contribution in [3.05, 3.63) is 16.9 Å². The van der Waals surface area contributed by atoms with Crippen LogP contribution in [0.15, 0.2) is 16.9 Å². The van der Waals surface area contributed by atoms with Gasteiger partial charge in [0.2, 0.25) is 5.91 Å². The number of anilines is 2. The van der Waals surface area contributed by atoms with Crippen LogP contribution in [0.2, 0.25) is 0 Å². The van der Waals surface area contributed by atoms with Crippen molar-refractivity contribution in [2.24, 2.45) is 5.73 Å². The summed E-state index contributed by atoms with van der Waals surface area (Å²) in [5.74, 6) is 0.0515. The molecule has 144 valence electrons. The zero-order chi connectivity index (χ0) is 17.8. The Morgan fingerprint density at radius 1 is 1.50 bits per heavy atom. The fourth-order valence-electron chi connectivity index (χ4n) is 3.42. The standard InChI is InChI=1S/C18H26BrN5O.ClH/c1-2-3-4-7-15(25)23-14-10-22-18-16(14)17(13(19)9-21-18)24-8-5-6-12(20)11-24;/h9-10,12H,2-8,11,20H2,1H3,(H,21,22)(H,23,25);1H/t12-;/m1./s1. The van der Waals surface area contributed by atoms with Crippen LogP contribution in [0.1, 0.15) is 45.4 Å². The molecule has 1 saturated heterocycles. The lowest BCUT2D eigenvalue weighted by atomic mass is 10.1. The van der Waals surface area contributed by atoms with Crippen molar-refractivity contribution < 1.29 is 4.79 Å². The number of nitrogens with one attached hydrogen (secondary N) is 2. The molecule has 0 saturated carbocycles. The van der Waals surface area contributed by atoms with Gasteiger partial charge >= 0.3 is 0 Å². The minimum atomic E-state index is 0. The van der Waals surface area contributed by atoms with E-state index in [0.29, 0.717) is 6.42 Å². The monoisotopic (exact) mass is 443 g/mol. The first-order valence-electron chi connectivity index (χ1n) is 9.06. The van der Waals surface area contributed by atoms with E-state index < -0.39 is 0 Å². The molecule has 0 spiro atoms. The third-order valence-corrected chi connectivity index (χ3v) is 5.27. The van der Waals surface area contributed by atoms with Crippen LogP contribution in [0.5, 0.6) is 0 Å². The van der Waals surface area contributed by atoms with Gasteiger partial charge in [0.05, 0.1) is 21.2 Å². The Balaban J connectivity index is 0.00000243. The van der Waals surface area contributed by atoms with Crippen molar-refractivity contribution in [3.8, 4) is 0 Å². The average Bonchev–Trinajstić information content (AvgIpc) is 2.98. The molecule has 3 heterocycles. The highest BCUT2D eigenvalue weighted by molar-refractivity contribution is 9.10. The van der Waals surface area contributed by atoms with Gasteiger partial charge in [0.1, 0.15) is 5.65 Å². The molecule has 0 aromatic carbocycles. The third kappa shape index (κ3) is 4.69. The number of aromatic nitrogens is 2. The Morgan fingerprint density at radius 3 is 3.04 bits per heavy atom. The van der Waals surface area contributed by atoms with Gasteiger partial charge in [-0.1, -0.05) is 19.8 Å². The Bertz CT molecular complexity index is 751. The number of fused-ring (bicyclic) bond motifs is 1. The summed E-state index contributed by atoms with van der Waals surface area (Å²) < 4.78 is 0.926. The van der Waals surface area contributed by atoms with Gasteiger partial charge in [-0.15, -0.1) is 12.4 Å². The van der Waals surface area contributed by atoms with Gasteiger partial charge in [-0.3, -0.25) is 4.79 Å². The summed E-state index contributed by atoms with van der Waals surface area (Å²) >= 11 is 3.64. The fraction of sp³-hybridized carbons (Fsp3) is 0.556. The number of nitrogens with two attached hydrogens (primary N) is 1. The van der Waals surface area contributed by atoms with Gasteiger partial charge in [-0.25, -0.2) is 4.98 Å². The lowest BCUT2D eigenvalue weighted by Gasteiger charge is -2.33. The minimum absolute atomic E-state index is 0. The van der Waals surface area contributed by atoms with Crippen molar-refractivity contribution in [3.63, 3.8) is 0 Å². The Morgan fingerprint density at radius 2 is 2.31 bits per heavy atom. The number of pyridine rings is 1. The number of H-pyrrole nitrogens is 1. The molecular formula is C18H27BrClN5O. The first-order valence-corrected chi connectivity index (χ1v) is 9.85. The number of unbranched alkanes of at least 4 members (excludes halogenated alkanes) is 2. The predicted octanol–water partition coefficient (Wildman–Crippen LogP) is 4.19. The first kappa shape index (κ1) is 21.0. The summed E-state index contributed by atoms with van der Waals surface area (Å²) in [6.07, 6.45) is 9.40. The lowest BCUT2D eigenvalue weighted by Crippen LogP contribution is -2.43. The van der Waals surface area contributed by atoms with Crippen LogP contribution in [0.4, 0.5) is 11.4 Å². The van der Waals surface area contributed by atoms with Crippen molar-refractivity contribution in [1.29, 1.82) is 0 Å². The fourth-order valence-corrected chi connectivity index (χ4v) is 3.98. The van der Waals surface area contributed by atoms with E-state index in [1.165, 1.54) is 0 Å². The molecule has 1 amide bonds. The second kappa shape index (κ2) is 9.58. The summed E-state index contributed by atoms with van der Waals surface area (Å²) in [5.41, 5.74) is 8.80. The first-order chi connectivity index (χ1) is 12.1. The number of hydrogen-bond acceptors (Lipinski definition) is 4. The number of carbonyl (C=O) groups is 1. The van der Waals surface area contributed by atoms with Crippen LogP contribution in [-0.4, -0.2) is 35.0 Å². The lowest BCUT2D eigenvalue weighted by molar-refractivity contribution is -0.116. The van der Waals surface area contributed by atoms with Gasteiger partial charge in [-0.2, -0.15) is 0 Å². The summed E-state index contributed by atoms with van der Waals surface area (Å²) in [5, 5.41) is 4.00. The highest BCUT2D eigenvalue weighted by atomic mass is 79.9. The highest BCUT2D eigenvalue weighted by Crippen LogP contribution is 2.38. The molecule has 1 aliphatic rings. The topological polar surface area (TPSA) is 87.0 Å². The maximum Gasteiger partial charge on any atom is 0.224 e. The van der Waals surface area contributed by atoms with E-state index in [2.05, 4.69) is 43.0 Å². The maximum absolute atomic E-state index is 12.3. The van der Waals surface area contributed by atoms with Gasteiger partial charge < -0.3 is 20.9 Å². The van der Waals surface area contributed by atoms with Gasteiger partial charge in [0, 0.05) is 37.9 Å². The third-order valence-electron chi connectivity index (χ3n) is 4.68. The molecule has 0 unspecified atom stereocenters. The van der Waals surface area contributed by atoms with Gasteiger partial charge in [0.25, 0.3) is 0 Å². The number of amides is 1. The van der Waals surface area contributed by atoms with Crippen LogP contribution in [0, 0.1) is 0 Å². The van der Waals surface area contributed by atoms with E-state index in [4.69, 9.17) is 5.73 Å². The molecular weight excluding hydrogens is 418 g/mol. The predicted molar refractivity (Wildman–Crippen MR) is 113 cm³/mol. The van der Waals surface area contributed by atoms with E-state index in [-0.39, 0.29) is 24.4 Å². The molecule has 2 aromatic rings. The summed E-state index contributed by atoms with van der Waals surface area (Å²) in [7, 11) is 0.